The van der Waals surface area contributed by atoms with Crippen molar-refractivity contribution in [2.75, 3.05) is 13.2 Å². The molecule has 0 N–H and O–H groups in total. The molecule has 0 aliphatic carbocycles. The highest BCUT2D eigenvalue weighted by molar-refractivity contribution is 5.66. The molecule has 114 valence electrons. The molecule has 21 heavy (non-hydrogen) atoms. The van der Waals surface area contributed by atoms with Crippen molar-refractivity contribution in [3.63, 3.8) is 0 Å². The van der Waals surface area contributed by atoms with E-state index in [1.54, 1.807) is 0 Å². The predicted octanol–water partition coefficient (Wildman–Crippen LogP) is 1.77. The quantitative estimate of drug-likeness (QED) is 0.779. The number of fused-ring (bicyclic) bond motifs is 1. The number of esters is 1. The van der Waals surface area contributed by atoms with Crippen molar-refractivity contribution in [3.8, 4) is 0 Å². The van der Waals surface area contributed by atoms with Gasteiger partial charge in [-0.15, -0.1) is 0 Å². The predicted molar refractivity (Wildman–Crippen MR) is 70.2 cm³/mol. The van der Waals surface area contributed by atoms with Gasteiger partial charge in [-0.05, 0) is 0 Å². The molecule has 2 aliphatic rings. The molecule has 3 rings (SSSR count). The molecule has 2 fully saturated rings. The molecule has 2 saturated heterocycles. The lowest BCUT2D eigenvalue weighted by Gasteiger charge is -2.43. The van der Waals surface area contributed by atoms with Crippen molar-refractivity contribution in [2.24, 2.45) is 0 Å². The fourth-order valence-electron chi connectivity index (χ4n) is 2.59. The average Bonchev–Trinajstić information content (AvgIpc) is 2.50. The summed E-state index contributed by atoms with van der Waals surface area (Å²) in [5, 5.41) is 0. The fourth-order valence-corrected chi connectivity index (χ4v) is 2.59. The van der Waals surface area contributed by atoms with E-state index in [4.69, 9.17) is 18.9 Å². The SMILES string of the molecule is CC(=O)OC1COC2COC(c3ccccc3)OC2C1F. The van der Waals surface area contributed by atoms with E-state index >= 15 is 0 Å². The van der Waals surface area contributed by atoms with Gasteiger partial charge in [0.2, 0.25) is 0 Å². The number of rotatable bonds is 2. The summed E-state index contributed by atoms with van der Waals surface area (Å²) in [5.41, 5.74) is 0.817. The molecule has 6 heteroatoms. The van der Waals surface area contributed by atoms with E-state index in [1.807, 2.05) is 30.3 Å². The van der Waals surface area contributed by atoms with Crippen molar-refractivity contribution in [3.05, 3.63) is 35.9 Å². The van der Waals surface area contributed by atoms with Crippen molar-refractivity contribution < 1.29 is 28.1 Å². The van der Waals surface area contributed by atoms with Crippen LogP contribution in [0.25, 0.3) is 0 Å². The lowest BCUT2D eigenvalue weighted by Crippen LogP contribution is -2.57. The van der Waals surface area contributed by atoms with Crippen LogP contribution < -0.4 is 0 Å². The maximum Gasteiger partial charge on any atom is 0.303 e. The van der Waals surface area contributed by atoms with E-state index in [0.717, 1.165) is 5.56 Å². The van der Waals surface area contributed by atoms with Gasteiger partial charge in [0.25, 0.3) is 0 Å². The molecule has 0 bridgehead atoms. The third-order valence-electron chi connectivity index (χ3n) is 3.59. The van der Waals surface area contributed by atoms with Gasteiger partial charge < -0.3 is 18.9 Å². The van der Waals surface area contributed by atoms with Crippen LogP contribution in [0.3, 0.4) is 0 Å². The van der Waals surface area contributed by atoms with E-state index in [2.05, 4.69) is 0 Å². The normalized spacial score (nSPS) is 35.8. The fraction of sp³-hybridized carbons (Fsp3) is 0.533. The van der Waals surface area contributed by atoms with E-state index in [0.29, 0.717) is 0 Å². The van der Waals surface area contributed by atoms with Gasteiger partial charge in [-0.3, -0.25) is 4.79 Å². The second-order valence-corrected chi connectivity index (χ2v) is 5.14. The average molecular weight is 296 g/mol. The summed E-state index contributed by atoms with van der Waals surface area (Å²) in [4.78, 5) is 11.0. The molecular weight excluding hydrogens is 279 g/mol. The lowest BCUT2D eigenvalue weighted by molar-refractivity contribution is -0.306. The van der Waals surface area contributed by atoms with Gasteiger partial charge in [-0.25, -0.2) is 4.39 Å². The van der Waals surface area contributed by atoms with Crippen molar-refractivity contribution in [2.45, 2.75) is 37.7 Å². The summed E-state index contributed by atoms with van der Waals surface area (Å²) in [5.74, 6) is -0.531. The second-order valence-electron chi connectivity index (χ2n) is 5.14. The van der Waals surface area contributed by atoms with Crippen molar-refractivity contribution >= 4 is 5.97 Å². The Morgan fingerprint density at radius 3 is 2.71 bits per heavy atom. The van der Waals surface area contributed by atoms with Gasteiger partial charge in [0.15, 0.2) is 18.6 Å². The summed E-state index contributed by atoms with van der Waals surface area (Å²) in [6.45, 7) is 1.51. The molecule has 2 heterocycles. The Morgan fingerprint density at radius 2 is 2.00 bits per heavy atom. The highest BCUT2D eigenvalue weighted by Gasteiger charge is 2.47. The summed E-state index contributed by atoms with van der Waals surface area (Å²) in [6.07, 6.45) is -4.28. The van der Waals surface area contributed by atoms with E-state index < -0.39 is 36.7 Å². The number of benzene rings is 1. The molecule has 1 aromatic rings. The zero-order valence-corrected chi connectivity index (χ0v) is 11.6. The van der Waals surface area contributed by atoms with Crippen LogP contribution in [-0.2, 0) is 23.7 Å². The largest absolute Gasteiger partial charge is 0.457 e. The first kappa shape index (κ1) is 14.4. The highest BCUT2D eigenvalue weighted by atomic mass is 19.1. The molecule has 0 radical (unpaired) electrons. The first-order chi connectivity index (χ1) is 10.1. The van der Waals surface area contributed by atoms with E-state index in [-0.39, 0.29) is 13.2 Å². The van der Waals surface area contributed by atoms with Gasteiger partial charge >= 0.3 is 5.97 Å². The van der Waals surface area contributed by atoms with Crippen molar-refractivity contribution in [1.82, 2.24) is 0 Å². The minimum atomic E-state index is -1.43. The summed E-state index contributed by atoms with van der Waals surface area (Å²) < 4.78 is 36.2. The molecule has 0 saturated carbocycles. The van der Waals surface area contributed by atoms with Gasteiger partial charge in [-0.2, -0.15) is 0 Å². The topological polar surface area (TPSA) is 54.0 Å². The molecule has 1 aromatic carbocycles. The molecule has 5 nitrogen and oxygen atoms in total. The first-order valence-corrected chi connectivity index (χ1v) is 6.90. The number of hydrogen-bond donors (Lipinski definition) is 0. The van der Waals surface area contributed by atoms with Crippen LogP contribution in [-0.4, -0.2) is 43.7 Å². The zero-order valence-electron chi connectivity index (χ0n) is 11.6. The van der Waals surface area contributed by atoms with Gasteiger partial charge in [0.05, 0.1) is 13.2 Å². The molecular formula is C15H17FO5. The Bertz CT molecular complexity index is 494. The van der Waals surface area contributed by atoms with Crippen LogP contribution >= 0.6 is 0 Å². The first-order valence-electron chi connectivity index (χ1n) is 6.90. The van der Waals surface area contributed by atoms with Crippen LogP contribution in [0.4, 0.5) is 4.39 Å². The van der Waals surface area contributed by atoms with Crippen LogP contribution in [0.5, 0.6) is 0 Å². The van der Waals surface area contributed by atoms with Crippen LogP contribution in [0.1, 0.15) is 18.8 Å². The maximum absolute atomic E-state index is 14.5. The maximum atomic E-state index is 14.5. The Labute approximate surface area is 121 Å². The number of carbonyl (C=O) groups is 1. The standard InChI is InChI=1S/C15H17FO5/c1-9(17)20-11-7-18-12-8-19-15(21-14(12)13(11)16)10-5-3-2-4-6-10/h2-6,11-15H,7-8H2,1H3. The van der Waals surface area contributed by atoms with Gasteiger partial charge in [0, 0.05) is 12.5 Å². The van der Waals surface area contributed by atoms with E-state index in [9.17, 15) is 9.18 Å². The molecule has 2 aliphatic heterocycles. The Hall–Kier alpha value is -1.50. The molecule has 0 spiro atoms. The highest BCUT2D eigenvalue weighted by Crippen LogP contribution is 2.33. The molecule has 0 aromatic heterocycles. The third kappa shape index (κ3) is 3.07. The summed E-state index contributed by atoms with van der Waals surface area (Å²) >= 11 is 0. The Kier molecular flexibility index (Phi) is 4.19. The smallest absolute Gasteiger partial charge is 0.303 e. The molecule has 5 atom stereocenters. The van der Waals surface area contributed by atoms with E-state index in [1.165, 1.54) is 6.92 Å². The Balaban J connectivity index is 1.71. The van der Waals surface area contributed by atoms with Crippen molar-refractivity contribution in [1.29, 1.82) is 0 Å². The minimum Gasteiger partial charge on any atom is -0.457 e. The zero-order chi connectivity index (χ0) is 14.8. The lowest BCUT2D eigenvalue weighted by atomic mass is 10.00. The number of hydrogen-bond acceptors (Lipinski definition) is 5. The van der Waals surface area contributed by atoms with Gasteiger partial charge in [-0.1, -0.05) is 30.3 Å². The summed E-state index contributed by atoms with van der Waals surface area (Å²) in [7, 11) is 0. The third-order valence-corrected chi connectivity index (χ3v) is 3.59. The van der Waals surface area contributed by atoms with Crippen LogP contribution in [0.15, 0.2) is 30.3 Å². The minimum absolute atomic E-state index is 0.0185. The monoisotopic (exact) mass is 296 g/mol. The van der Waals surface area contributed by atoms with Crippen LogP contribution in [0.2, 0.25) is 0 Å². The second kappa shape index (κ2) is 6.09. The number of carbonyl (C=O) groups excluding carboxylic acids is 1. The Morgan fingerprint density at radius 1 is 1.24 bits per heavy atom. The number of ether oxygens (including phenoxy) is 4. The van der Waals surface area contributed by atoms with Gasteiger partial charge in [0.1, 0.15) is 12.2 Å². The molecule has 0 amide bonds. The van der Waals surface area contributed by atoms with Crippen LogP contribution in [0, 0.1) is 0 Å². The number of halogens is 1. The number of alkyl halides is 1. The summed E-state index contributed by atoms with van der Waals surface area (Å²) in [6, 6.07) is 9.31. The molecule has 5 unspecified atom stereocenters.